The van der Waals surface area contributed by atoms with Crippen molar-refractivity contribution < 1.29 is 19.0 Å². The lowest BCUT2D eigenvalue weighted by atomic mass is 9.98. The minimum atomic E-state index is -0.698. The molecule has 0 radical (unpaired) electrons. The van der Waals surface area contributed by atoms with Gasteiger partial charge in [-0.25, -0.2) is 14.4 Å². The lowest BCUT2D eigenvalue weighted by Gasteiger charge is -2.37. The Hall–Kier alpha value is -2.92. The summed E-state index contributed by atoms with van der Waals surface area (Å²) in [5.74, 6) is -0.301. The second-order valence-corrected chi connectivity index (χ2v) is 11.8. The van der Waals surface area contributed by atoms with Gasteiger partial charge in [-0.2, -0.15) is 0 Å². The Morgan fingerprint density at radius 1 is 1.23 bits per heavy atom. The van der Waals surface area contributed by atoms with Gasteiger partial charge in [0.15, 0.2) is 11.2 Å². The molecule has 0 bridgehead atoms. The van der Waals surface area contributed by atoms with Gasteiger partial charge < -0.3 is 24.5 Å². The molecule has 3 aliphatic rings. The van der Waals surface area contributed by atoms with Crippen LogP contribution in [-0.4, -0.2) is 75.2 Å². The van der Waals surface area contributed by atoms with Crippen molar-refractivity contribution in [2.75, 3.05) is 38.3 Å². The average molecular weight is 552 g/mol. The lowest BCUT2D eigenvalue weighted by Crippen LogP contribution is -2.47. The summed E-state index contributed by atoms with van der Waals surface area (Å²) in [6.45, 7) is 11.7. The molecule has 1 aromatic carbocycles. The number of halogens is 1. The van der Waals surface area contributed by atoms with Crippen LogP contribution in [0.15, 0.2) is 23.1 Å². The summed E-state index contributed by atoms with van der Waals surface area (Å²) in [7, 11) is 0. The van der Waals surface area contributed by atoms with Gasteiger partial charge in [0, 0.05) is 53.5 Å². The monoisotopic (exact) mass is 551 g/mol. The van der Waals surface area contributed by atoms with E-state index in [2.05, 4.69) is 38.6 Å². The van der Waals surface area contributed by atoms with Crippen LogP contribution in [0.5, 0.6) is 0 Å². The molecule has 2 N–H and O–H groups in total. The molecule has 40 heavy (non-hydrogen) atoms. The molecule has 2 atom stereocenters. The number of fused-ring (bicyclic) bond motifs is 1. The molecule has 214 valence electrons. The number of anilines is 1. The van der Waals surface area contributed by atoms with Crippen molar-refractivity contribution in [3.05, 3.63) is 51.2 Å². The highest BCUT2D eigenvalue weighted by Crippen LogP contribution is 2.44. The van der Waals surface area contributed by atoms with Crippen LogP contribution in [0.1, 0.15) is 56.0 Å². The second-order valence-electron chi connectivity index (χ2n) is 11.8. The maximum atomic E-state index is 15.3. The smallest absolute Gasteiger partial charge is 0.223 e. The van der Waals surface area contributed by atoms with Gasteiger partial charge in [-0.3, -0.25) is 9.69 Å². The zero-order valence-electron chi connectivity index (χ0n) is 23.7. The van der Waals surface area contributed by atoms with Crippen molar-refractivity contribution in [1.29, 1.82) is 0 Å². The molecule has 0 unspecified atom stereocenters. The number of aryl methyl sites for hydroxylation is 1. The molecule has 0 amide bonds. The molecule has 2 saturated heterocycles. The van der Waals surface area contributed by atoms with Gasteiger partial charge in [0.1, 0.15) is 5.69 Å². The standard InChI is InChI=1S/C30H38FN5O4/c1-17(2)36-24-12-20(27-22(31)13-32-29(34-27)33-23-5-9-39-15-26(23)37)18(3)11-21(24)28(38)19(4)25(36)14-35-8-10-40-16-30(35)6-7-30/h11-13,17,23,26,37H,5-10,14-16H2,1-4H3,(H,32,33,34)/t23-,26-/m1/s1. The number of hydrogen-bond acceptors (Lipinski definition) is 8. The van der Waals surface area contributed by atoms with Gasteiger partial charge in [0.2, 0.25) is 5.95 Å². The number of nitrogens with zero attached hydrogens (tertiary/aromatic N) is 4. The summed E-state index contributed by atoms with van der Waals surface area (Å²) in [6, 6.07) is 3.55. The van der Waals surface area contributed by atoms with E-state index in [9.17, 15) is 9.90 Å². The summed E-state index contributed by atoms with van der Waals surface area (Å²) in [5.41, 5.74) is 4.14. The first kappa shape index (κ1) is 27.3. The van der Waals surface area contributed by atoms with Gasteiger partial charge in [-0.1, -0.05) is 0 Å². The van der Waals surface area contributed by atoms with Gasteiger partial charge in [0.25, 0.3) is 0 Å². The number of pyridine rings is 1. The molecule has 1 spiro atoms. The van der Waals surface area contributed by atoms with Gasteiger partial charge in [0.05, 0.1) is 43.7 Å². The summed E-state index contributed by atoms with van der Waals surface area (Å²) >= 11 is 0. The number of rotatable bonds is 6. The van der Waals surface area contributed by atoms with E-state index < -0.39 is 11.9 Å². The fourth-order valence-electron chi connectivity index (χ4n) is 6.26. The Kier molecular flexibility index (Phi) is 7.14. The van der Waals surface area contributed by atoms with Gasteiger partial charge in [-0.05, 0) is 64.7 Å². The maximum absolute atomic E-state index is 15.3. The molecule has 2 aliphatic heterocycles. The van der Waals surface area contributed by atoms with Crippen molar-refractivity contribution in [3.63, 3.8) is 0 Å². The number of benzene rings is 1. The minimum Gasteiger partial charge on any atom is -0.389 e. The van der Waals surface area contributed by atoms with Crippen LogP contribution >= 0.6 is 0 Å². The molecule has 3 fully saturated rings. The van der Waals surface area contributed by atoms with E-state index in [1.165, 1.54) is 0 Å². The summed E-state index contributed by atoms with van der Waals surface area (Å²) < 4.78 is 28.6. The molecular formula is C30H38FN5O4. The van der Waals surface area contributed by atoms with E-state index in [4.69, 9.17) is 9.47 Å². The van der Waals surface area contributed by atoms with Crippen LogP contribution < -0.4 is 10.7 Å². The minimum absolute atomic E-state index is 0.00803. The number of aliphatic hydroxyl groups is 1. The third-order valence-electron chi connectivity index (χ3n) is 8.78. The van der Waals surface area contributed by atoms with Crippen LogP contribution in [-0.2, 0) is 16.0 Å². The van der Waals surface area contributed by atoms with Crippen molar-refractivity contribution in [2.24, 2.45) is 0 Å². The Balaban J connectivity index is 1.45. The quantitative estimate of drug-likeness (QED) is 0.478. The van der Waals surface area contributed by atoms with Crippen LogP contribution in [0.25, 0.3) is 22.2 Å². The predicted molar refractivity (Wildman–Crippen MR) is 151 cm³/mol. The molecule has 2 aromatic heterocycles. The van der Waals surface area contributed by atoms with Gasteiger partial charge in [-0.15, -0.1) is 0 Å². The summed E-state index contributed by atoms with van der Waals surface area (Å²) in [4.78, 5) is 24.9. The average Bonchev–Trinajstić information content (AvgIpc) is 3.70. The number of hydrogen-bond donors (Lipinski definition) is 2. The molecule has 4 heterocycles. The Morgan fingerprint density at radius 3 is 2.75 bits per heavy atom. The zero-order valence-corrected chi connectivity index (χ0v) is 23.7. The van der Waals surface area contributed by atoms with E-state index >= 15 is 4.39 Å². The molecule has 6 rings (SSSR count). The molecule has 1 aliphatic carbocycles. The highest BCUT2D eigenvalue weighted by molar-refractivity contribution is 5.87. The van der Waals surface area contributed by atoms with E-state index in [1.54, 1.807) is 0 Å². The number of aromatic nitrogens is 3. The van der Waals surface area contributed by atoms with E-state index in [-0.39, 0.29) is 41.3 Å². The maximum Gasteiger partial charge on any atom is 0.223 e. The van der Waals surface area contributed by atoms with E-state index in [0.29, 0.717) is 37.1 Å². The number of morpholine rings is 1. The largest absolute Gasteiger partial charge is 0.389 e. The molecule has 3 aromatic rings. The Bertz CT molecular complexity index is 1500. The zero-order chi connectivity index (χ0) is 28.2. The number of aliphatic hydroxyl groups excluding tert-OH is 1. The summed E-state index contributed by atoms with van der Waals surface area (Å²) in [5, 5.41) is 14.1. The fourth-order valence-corrected chi connectivity index (χ4v) is 6.26. The Labute approximate surface area is 233 Å². The van der Waals surface area contributed by atoms with Gasteiger partial charge >= 0.3 is 0 Å². The van der Waals surface area contributed by atoms with Crippen molar-refractivity contribution in [2.45, 2.75) is 77.2 Å². The van der Waals surface area contributed by atoms with Crippen LogP contribution in [0, 0.1) is 19.7 Å². The van der Waals surface area contributed by atoms with Crippen molar-refractivity contribution in [3.8, 4) is 11.3 Å². The summed E-state index contributed by atoms with van der Waals surface area (Å²) in [6.07, 6.45) is 3.28. The molecule has 1 saturated carbocycles. The highest BCUT2D eigenvalue weighted by atomic mass is 19.1. The molecule has 9 nitrogen and oxygen atoms in total. The normalized spacial score (nSPS) is 22.8. The number of nitrogens with one attached hydrogen (secondary N) is 1. The third-order valence-corrected chi connectivity index (χ3v) is 8.78. The van der Waals surface area contributed by atoms with Crippen LogP contribution in [0.3, 0.4) is 0 Å². The highest BCUT2D eigenvalue weighted by Gasteiger charge is 2.50. The fraction of sp³-hybridized carbons (Fsp3) is 0.567. The first-order valence-corrected chi connectivity index (χ1v) is 14.2. The lowest BCUT2D eigenvalue weighted by molar-refractivity contribution is -0.0256. The first-order chi connectivity index (χ1) is 19.2. The SMILES string of the molecule is Cc1cc2c(=O)c(C)c(CN3CCOCC34CC4)n(C(C)C)c2cc1-c1nc(N[C@@H]2CCOC[C@H]2O)ncc1F. The van der Waals surface area contributed by atoms with E-state index in [1.807, 2.05) is 26.0 Å². The van der Waals surface area contributed by atoms with Crippen LogP contribution in [0.2, 0.25) is 0 Å². The second kappa shape index (κ2) is 10.5. The van der Waals surface area contributed by atoms with Crippen molar-refractivity contribution >= 4 is 16.9 Å². The Morgan fingerprint density at radius 2 is 2.02 bits per heavy atom. The van der Waals surface area contributed by atoms with Crippen molar-refractivity contribution in [1.82, 2.24) is 19.4 Å². The molecular weight excluding hydrogens is 513 g/mol. The van der Waals surface area contributed by atoms with Crippen LogP contribution in [0.4, 0.5) is 10.3 Å². The number of ether oxygens (including phenoxy) is 2. The third kappa shape index (κ3) is 4.81. The van der Waals surface area contributed by atoms with E-state index in [0.717, 1.165) is 54.5 Å². The first-order valence-electron chi connectivity index (χ1n) is 14.2. The topological polar surface area (TPSA) is 102 Å². The predicted octanol–water partition coefficient (Wildman–Crippen LogP) is 3.72. The molecule has 10 heteroatoms.